The van der Waals surface area contributed by atoms with E-state index in [9.17, 15) is 4.79 Å². The van der Waals surface area contributed by atoms with Crippen LogP contribution in [0, 0.1) is 11.8 Å². The highest BCUT2D eigenvalue weighted by Crippen LogP contribution is 2.24. The van der Waals surface area contributed by atoms with Crippen molar-refractivity contribution in [2.24, 2.45) is 17.6 Å². The van der Waals surface area contributed by atoms with Gasteiger partial charge in [0, 0.05) is 17.4 Å². The third-order valence-corrected chi connectivity index (χ3v) is 4.80. The van der Waals surface area contributed by atoms with Crippen LogP contribution in [0.4, 0.5) is 0 Å². The number of ketones is 1. The SMILES string of the molecule is CC(C)CCCSSC[C@H](N)C(=O)C(C)C. The smallest absolute Gasteiger partial charge is 0.152 e. The number of hydrogen-bond acceptors (Lipinski definition) is 4. The number of Topliss-reactive ketones (excluding diaryl/α,β-unsaturated/α-hetero) is 1. The first-order valence-electron chi connectivity index (χ1n) is 5.98. The van der Waals surface area contributed by atoms with E-state index >= 15 is 0 Å². The molecule has 0 aliphatic carbocycles. The molecule has 0 aromatic rings. The van der Waals surface area contributed by atoms with Crippen LogP contribution in [-0.2, 0) is 4.79 Å². The fourth-order valence-electron chi connectivity index (χ4n) is 1.24. The zero-order chi connectivity index (χ0) is 12.6. The summed E-state index contributed by atoms with van der Waals surface area (Å²) in [6.45, 7) is 8.30. The molecule has 0 aromatic heterocycles. The molecule has 0 aliphatic rings. The zero-order valence-electron chi connectivity index (χ0n) is 10.9. The molecule has 96 valence electrons. The lowest BCUT2D eigenvalue weighted by Gasteiger charge is -2.12. The fraction of sp³-hybridized carbons (Fsp3) is 0.917. The number of carbonyl (C=O) groups is 1. The third kappa shape index (κ3) is 8.48. The summed E-state index contributed by atoms with van der Waals surface area (Å²) in [7, 11) is 3.57. The molecule has 1 atom stereocenters. The van der Waals surface area contributed by atoms with Gasteiger partial charge in [-0.3, -0.25) is 4.79 Å². The fourth-order valence-corrected chi connectivity index (χ4v) is 3.49. The Kier molecular flexibility index (Phi) is 9.56. The number of nitrogens with two attached hydrogens (primary N) is 1. The van der Waals surface area contributed by atoms with Gasteiger partial charge in [0.15, 0.2) is 5.78 Å². The third-order valence-electron chi connectivity index (χ3n) is 2.27. The molecule has 0 aromatic carbocycles. The van der Waals surface area contributed by atoms with Gasteiger partial charge in [0.05, 0.1) is 6.04 Å². The molecule has 0 unspecified atom stereocenters. The lowest BCUT2D eigenvalue weighted by Crippen LogP contribution is -2.35. The minimum Gasteiger partial charge on any atom is -0.321 e. The van der Waals surface area contributed by atoms with Crippen LogP contribution in [0.25, 0.3) is 0 Å². The van der Waals surface area contributed by atoms with Crippen LogP contribution in [0.1, 0.15) is 40.5 Å². The predicted octanol–water partition coefficient (Wildman–Crippen LogP) is 3.36. The van der Waals surface area contributed by atoms with Crippen LogP contribution >= 0.6 is 21.6 Å². The second-order valence-corrected chi connectivity index (χ2v) is 7.43. The highest BCUT2D eigenvalue weighted by molar-refractivity contribution is 8.76. The second kappa shape index (κ2) is 9.37. The number of hydrogen-bond donors (Lipinski definition) is 1. The maximum absolute atomic E-state index is 11.5. The molecule has 0 radical (unpaired) electrons. The second-order valence-electron chi connectivity index (χ2n) is 4.81. The maximum atomic E-state index is 11.5. The Morgan fingerprint density at radius 2 is 1.81 bits per heavy atom. The first-order valence-corrected chi connectivity index (χ1v) is 8.47. The highest BCUT2D eigenvalue weighted by Gasteiger charge is 2.16. The van der Waals surface area contributed by atoms with Gasteiger partial charge in [0.2, 0.25) is 0 Å². The normalized spacial score (nSPS) is 13.4. The van der Waals surface area contributed by atoms with Gasteiger partial charge in [-0.2, -0.15) is 0 Å². The Balaban J connectivity index is 3.41. The highest BCUT2D eigenvalue weighted by atomic mass is 33.1. The molecule has 0 heterocycles. The average Bonchev–Trinajstić information content (AvgIpc) is 2.21. The number of carbonyl (C=O) groups excluding carboxylic acids is 1. The van der Waals surface area contributed by atoms with Crippen molar-refractivity contribution in [1.29, 1.82) is 0 Å². The zero-order valence-corrected chi connectivity index (χ0v) is 12.5. The molecule has 0 saturated heterocycles. The van der Waals surface area contributed by atoms with Crippen molar-refractivity contribution in [2.45, 2.75) is 46.6 Å². The first kappa shape index (κ1) is 16.3. The monoisotopic (exact) mass is 263 g/mol. The summed E-state index contributed by atoms with van der Waals surface area (Å²) in [5, 5.41) is 0. The quantitative estimate of drug-likeness (QED) is 0.512. The molecule has 0 rings (SSSR count). The van der Waals surface area contributed by atoms with Crippen molar-refractivity contribution in [2.75, 3.05) is 11.5 Å². The maximum Gasteiger partial charge on any atom is 0.152 e. The molecule has 0 bridgehead atoms. The average molecular weight is 263 g/mol. The largest absolute Gasteiger partial charge is 0.321 e. The number of rotatable bonds is 9. The van der Waals surface area contributed by atoms with E-state index in [1.54, 1.807) is 10.8 Å². The minimum absolute atomic E-state index is 0.0570. The predicted molar refractivity (Wildman–Crippen MR) is 76.8 cm³/mol. The molecule has 2 nitrogen and oxygen atoms in total. The van der Waals surface area contributed by atoms with Gasteiger partial charge in [-0.1, -0.05) is 55.7 Å². The Hall–Kier alpha value is 0.330. The van der Waals surface area contributed by atoms with Gasteiger partial charge in [0.25, 0.3) is 0 Å². The topological polar surface area (TPSA) is 43.1 Å². The molecule has 4 heteroatoms. The van der Waals surface area contributed by atoms with E-state index in [0.717, 1.165) is 17.4 Å². The Bertz CT molecular complexity index is 195. The lowest BCUT2D eigenvalue weighted by atomic mass is 10.0. The first-order chi connectivity index (χ1) is 7.45. The lowest BCUT2D eigenvalue weighted by molar-refractivity contribution is -0.122. The Morgan fingerprint density at radius 3 is 2.31 bits per heavy atom. The van der Waals surface area contributed by atoms with E-state index in [0.29, 0.717) is 0 Å². The summed E-state index contributed by atoms with van der Waals surface area (Å²) >= 11 is 0. The van der Waals surface area contributed by atoms with Crippen molar-refractivity contribution in [3.63, 3.8) is 0 Å². The van der Waals surface area contributed by atoms with Crippen molar-refractivity contribution in [3.05, 3.63) is 0 Å². The molecule has 0 saturated carbocycles. The van der Waals surface area contributed by atoms with Gasteiger partial charge < -0.3 is 5.73 Å². The molecule has 0 amide bonds. The van der Waals surface area contributed by atoms with Crippen LogP contribution in [0.15, 0.2) is 0 Å². The molecule has 2 N–H and O–H groups in total. The summed E-state index contributed by atoms with van der Waals surface area (Å²) in [5.74, 6) is 2.92. The van der Waals surface area contributed by atoms with Crippen LogP contribution < -0.4 is 5.73 Å². The standard InChI is InChI=1S/C12H25NOS2/c1-9(2)6-5-7-15-16-8-11(13)12(14)10(3)4/h9-11H,5-8,13H2,1-4H3/t11-/m0/s1. The molecular formula is C12H25NOS2. The van der Waals surface area contributed by atoms with Gasteiger partial charge in [0.1, 0.15) is 0 Å². The van der Waals surface area contributed by atoms with Crippen LogP contribution in [0.2, 0.25) is 0 Å². The Morgan fingerprint density at radius 1 is 1.19 bits per heavy atom. The van der Waals surface area contributed by atoms with Crippen molar-refractivity contribution in [3.8, 4) is 0 Å². The molecule has 0 spiro atoms. The van der Waals surface area contributed by atoms with E-state index in [1.807, 2.05) is 24.6 Å². The molecular weight excluding hydrogens is 238 g/mol. The van der Waals surface area contributed by atoms with Gasteiger partial charge >= 0.3 is 0 Å². The Labute approximate surface area is 108 Å². The summed E-state index contributed by atoms with van der Waals surface area (Å²) in [5.41, 5.74) is 5.80. The van der Waals surface area contributed by atoms with Crippen LogP contribution in [0.3, 0.4) is 0 Å². The van der Waals surface area contributed by atoms with Gasteiger partial charge in [-0.05, 0) is 12.3 Å². The van der Waals surface area contributed by atoms with Gasteiger partial charge in [-0.15, -0.1) is 0 Å². The molecule has 0 fully saturated rings. The summed E-state index contributed by atoms with van der Waals surface area (Å²) in [4.78, 5) is 11.5. The van der Waals surface area contributed by atoms with E-state index in [4.69, 9.17) is 5.73 Å². The van der Waals surface area contributed by atoms with E-state index in [-0.39, 0.29) is 17.7 Å². The van der Waals surface area contributed by atoms with E-state index in [1.165, 1.54) is 12.8 Å². The summed E-state index contributed by atoms with van der Waals surface area (Å²) < 4.78 is 0. The summed E-state index contributed by atoms with van der Waals surface area (Å²) in [6.07, 6.45) is 2.53. The summed E-state index contributed by atoms with van der Waals surface area (Å²) in [6, 6.07) is -0.289. The minimum atomic E-state index is -0.289. The molecule has 16 heavy (non-hydrogen) atoms. The molecule has 0 aliphatic heterocycles. The van der Waals surface area contributed by atoms with Crippen molar-refractivity contribution >= 4 is 27.4 Å². The van der Waals surface area contributed by atoms with E-state index < -0.39 is 0 Å². The van der Waals surface area contributed by atoms with E-state index in [2.05, 4.69) is 13.8 Å². The van der Waals surface area contributed by atoms with Crippen LogP contribution in [-0.4, -0.2) is 23.3 Å². The van der Waals surface area contributed by atoms with Crippen molar-refractivity contribution < 1.29 is 4.79 Å². The van der Waals surface area contributed by atoms with Crippen molar-refractivity contribution in [1.82, 2.24) is 0 Å². The van der Waals surface area contributed by atoms with Crippen LogP contribution in [0.5, 0.6) is 0 Å². The van der Waals surface area contributed by atoms with Gasteiger partial charge in [-0.25, -0.2) is 0 Å².